The van der Waals surface area contributed by atoms with Crippen LogP contribution >= 0.6 is 0 Å². The molecule has 0 aliphatic rings. The number of aryl methyl sites for hydroxylation is 3. The van der Waals surface area contributed by atoms with Gasteiger partial charge in [0, 0.05) is 6.54 Å². The molecule has 0 radical (unpaired) electrons. The molecule has 144 valence electrons. The molecule has 0 atom stereocenters. The Kier molecular flexibility index (Phi) is 6.64. The number of amides is 1. The second-order valence-electron chi connectivity index (χ2n) is 7.46. The van der Waals surface area contributed by atoms with Crippen molar-refractivity contribution in [1.29, 1.82) is 0 Å². The smallest absolute Gasteiger partial charge is 0.407 e. The van der Waals surface area contributed by atoms with Gasteiger partial charge in [0.15, 0.2) is 11.0 Å². The Bertz CT molecular complexity index is 759. The average molecular weight is 362 g/mol. The number of nitrogens with one attached hydrogen (secondary N) is 1. The third kappa shape index (κ3) is 4.75. The first kappa shape index (κ1) is 20.2. The van der Waals surface area contributed by atoms with Crippen LogP contribution in [-0.4, -0.2) is 22.8 Å². The van der Waals surface area contributed by atoms with Crippen molar-refractivity contribution in [2.24, 2.45) is 5.73 Å². The number of hydrogen-bond acceptors (Lipinski definition) is 3. The molecule has 2 rings (SSSR count). The highest BCUT2D eigenvalue weighted by molar-refractivity contribution is 5.73. The molecule has 1 aromatic carbocycles. The van der Waals surface area contributed by atoms with E-state index in [1.54, 1.807) is 0 Å². The normalized spacial score (nSPS) is 11.8. The number of benzene rings is 1. The van der Waals surface area contributed by atoms with Gasteiger partial charge < -0.3 is 15.8 Å². The van der Waals surface area contributed by atoms with Gasteiger partial charge in [-0.1, -0.05) is 6.07 Å². The van der Waals surface area contributed by atoms with Gasteiger partial charge in [0.05, 0.1) is 19.6 Å². The van der Waals surface area contributed by atoms with E-state index in [1.165, 1.54) is 16.6 Å². The van der Waals surface area contributed by atoms with Crippen LogP contribution in [0.15, 0.2) is 18.2 Å². The number of imidazole rings is 1. The van der Waals surface area contributed by atoms with Gasteiger partial charge in [0.1, 0.15) is 5.60 Å². The first-order valence-corrected chi connectivity index (χ1v) is 9.51. The summed E-state index contributed by atoms with van der Waals surface area (Å²) in [6, 6.07) is 6.60. The van der Waals surface area contributed by atoms with E-state index in [1.807, 2.05) is 20.8 Å². The molecule has 1 aromatic heterocycles. The monoisotopic (exact) mass is 361 g/mol. The molecular weight excluding hydrogens is 328 g/mol. The van der Waals surface area contributed by atoms with E-state index in [0.29, 0.717) is 13.1 Å². The topological polar surface area (TPSA) is 73.2 Å². The minimum absolute atomic E-state index is 0.357. The van der Waals surface area contributed by atoms with E-state index in [4.69, 9.17) is 10.5 Å². The third-order valence-electron chi connectivity index (χ3n) is 4.37. The molecule has 0 aliphatic carbocycles. The summed E-state index contributed by atoms with van der Waals surface area (Å²) in [7, 11) is 0. The molecule has 6 nitrogen and oxygen atoms in total. The standard InChI is InChI=1S/C20H32N4O2/c1-6-23-16-11-10-15(13-17(16)24(7-2)18(23)14-21)9-8-12-22-19(25)26-20(3,4)5/h10-11,13H,6-9,12,14,21H2,1-5H3/p+1. The SMILES string of the molecule is CCn1c(CN)[n+](CC)c2ccc(CCCNC(=O)OC(C)(C)C)cc21. The van der Waals surface area contributed by atoms with Gasteiger partial charge in [0.2, 0.25) is 0 Å². The molecule has 0 spiro atoms. The zero-order chi connectivity index (χ0) is 19.3. The molecule has 0 saturated carbocycles. The maximum absolute atomic E-state index is 11.7. The fraction of sp³-hybridized carbons (Fsp3) is 0.600. The predicted molar refractivity (Wildman–Crippen MR) is 104 cm³/mol. The van der Waals surface area contributed by atoms with Crippen molar-refractivity contribution in [2.75, 3.05) is 6.54 Å². The minimum Gasteiger partial charge on any atom is -0.444 e. The summed E-state index contributed by atoms with van der Waals surface area (Å²) >= 11 is 0. The molecule has 0 bridgehead atoms. The van der Waals surface area contributed by atoms with Crippen LogP contribution in [0.1, 0.15) is 52.4 Å². The fourth-order valence-electron chi connectivity index (χ4n) is 3.32. The van der Waals surface area contributed by atoms with Crippen LogP contribution in [0.4, 0.5) is 4.79 Å². The maximum Gasteiger partial charge on any atom is 0.407 e. The number of ether oxygens (including phenoxy) is 1. The average Bonchev–Trinajstić information content (AvgIpc) is 2.88. The number of rotatable bonds is 7. The van der Waals surface area contributed by atoms with Crippen LogP contribution < -0.4 is 15.6 Å². The molecular formula is C20H33N4O2+. The number of nitrogens with zero attached hydrogens (tertiary/aromatic N) is 2. The summed E-state index contributed by atoms with van der Waals surface area (Å²) in [5.41, 5.74) is 9.24. The Morgan fingerprint density at radius 2 is 2.04 bits per heavy atom. The highest BCUT2D eigenvalue weighted by Crippen LogP contribution is 2.18. The Morgan fingerprint density at radius 1 is 1.31 bits per heavy atom. The lowest BCUT2D eigenvalue weighted by Crippen LogP contribution is -2.38. The zero-order valence-corrected chi connectivity index (χ0v) is 16.8. The van der Waals surface area contributed by atoms with E-state index in [2.05, 4.69) is 46.5 Å². The highest BCUT2D eigenvalue weighted by Gasteiger charge is 2.22. The number of carbonyl (C=O) groups is 1. The van der Waals surface area contributed by atoms with Crippen LogP contribution in [0.3, 0.4) is 0 Å². The Morgan fingerprint density at radius 3 is 2.62 bits per heavy atom. The van der Waals surface area contributed by atoms with Crippen molar-refractivity contribution in [1.82, 2.24) is 9.88 Å². The summed E-state index contributed by atoms with van der Waals surface area (Å²) in [5.74, 6) is 1.16. The van der Waals surface area contributed by atoms with E-state index >= 15 is 0 Å². The quantitative estimate of drug-likeness (QED) is 0.588. The van der Waals surface area contributed by atoms with Crippen LogP contribution in [0.5, 0.6) is 0 Å². The van der Waals surface area contributed by atoms with Crippen molar-refractivity contribution in [3.05, 3.63) is 29.6 Å². The number of fused-ring (bicyclic) bond motifs is 1. The molecule has 2 aromatic rings. The van der Waals surface area contributed by atoms with E-state index in [9.17, 15) is 4.79 Å². The molecule has 0 fully saturated rings. The number of aromatic nitrogens is 2. The van der Waals surface area contributed by atoms with Crippen molar-refractivity contribution in [3.8, 4) is 0 Å². The Hall–Kier alpha value is -2.08. The number of nitrogens with two attached hydrogens (primary N) is 1. The van der Waals surface area contributed by atoms with Crippen LogP contribution in [0.25, 0.3) is 11.0 Å². The lowest BCUT2D eigenvalue weighted by molar-refractivity contribution is -0.676. The molecule has 1 heterocycles. The molecule has 0 unspecified atom stereocenters. The highest BCUT2D eigenvalue weighted by atomic mass is 16.6. The van der Waals surface area contributed by atoms with Gasteiger partial charge in [-0.15, -0.1) is 0 Å². The predicted octanol–water partition coefficient (Wildman–Crippen LogP) is 2.88. The first-order valence-electron chi connectivity index (χ1n) is 9.51. The number of alkyl carbamates (subject to hydrolysis) is 1. The van der Waals surface area contributed by atoms with Gasteiger partial charge in [0.25, 0.3) is 5.82 Å². The van der Waals surface area contributed by atoms with Crippen molar-refractivity contribution < 1.29 is 14.1 Å². The number of hydrogen-bond donors (Lipinski definition) is 2. The summed E-state index contributed by atoms with van der Waals surface area (Å²) in [5, 5.41) is 2.81. The van der Waals surface area contributed by atoms with Gasteiger partial charge in [-0.05, 0) is 65.2 Å². The number of carbonyl (C=O) groups excluding carboxylic acids is 1. The summed E-state index contributed by atoms with van der Waals surface area (Å²) < 4.78 is 9.83. The fourth-order valence-corrected chi connectivity index (χ4v) is 3.32. The lowest BCUT2D eigenvalue weighted by Gasteiger charge is -2.19. The van der Waals surface area contributed by atoms with Crippen LogP contribution in [-0.2, 0) is 30.8 Å². The van der Waals surface area contributed by atoms with Crippen molar-refractivity contribution in [2.45, 2.75) is 72.7 Å². The maximum atomic E-state index is 11.7. The summed E-state index contributed by atoms with van der Waals surface area (Å²) in [4.78, 5) is 11.7. The second kappa shape index (κ2) is 8.54. The van der Waals surface area contributed by atoms with Crippen LogP contribution in [0.2, 0.25) is 0 Å². The second-order valence-corrected chi connectivity index (χ2v) is 7.46. The molecule has 26 heavy (non-hydrogen) atoms. The van der Waals surface area contributed by atoms with Gasteiger partial charge in [-0.25, -0.2) is 13.9 Å². The molecule has 3 N–H and O–H groups in total. The van der Waals surface area contributed by atoms with Crippen molar-refractivity contribution in [3.63, 3.8) is 0 Å². The summed E-state index contributed by atoms with van der Waals surface area (Å²) in [6.45, 7) is 12.8. The summed E-state index contributed by atoms with van der Waals surface area (Å²) in [6.07, 6.45) is 1.42. The molecule has 0 saturated heterocycles. The molecule has 0 aliphatic heterocycles. The molecule has 1 amide bonds. The minimum atomic E-state index is -0.462. The van der Waals surface area contributed by atoms with Gasteiger partial charge in [-0.3, -0.25) is 0 Å². The lowest BCUT2D eigenvalue weighted by atomic mass is 10.1. The van der Waals surface area contributed by atoms with E-state index in [0.717, 1.165) is 31.8 Å². The van der Waals surface area contributed by atoms with Crippen LogP contribution in [0, 0.1) is 0 Å². The van der Waals surface area contributed by atoms with Gasteiger partial charge >= 0.3 is 6.09 Å². The van der Waals surface area contributed by atoms with Gasteiger partial charge in [-0.2, -0.15) is 0 Å². The zero-order valence-electron chi connectivity index (χ0n) is 16.8. The Labute approximate surface area is 156 Å². The third-order valence-corrected chi connectivity index (χ3v) is 4.37. The van der Waals surface area contributed by atoms with E-state index < -0.39 is 5.60 Å². The van der Waals surface area contributed by atoms with E-state index in [-0.39, 0.29) is 6.09 Å². The Balaban J connectivity index is 2.04. The largest absolute Gasteiger partial charge is 0.444 e. The molecule has 6 heteroatoms. The first-order chi connectivity index (χ1) is 12.3. The van der Waals surface area contributed by atoms with Crippen molar-refractivity contribution >= 4 is 17.1 Å².